The third kappa shape index (κ3) is 3.44. The van der Waals surface area contributed by atoms with E-state index >= 15 is 0 Å². The van der Waals surface area contributed by atoms with Crippen molar-refractivity contribution in [2.45, 2.75) is 31.3 Å². The van der Waals surface area contributed by atoms with Crippen molar-refractivity contribution >= 4 is 52.0 Å². The maximum atomic E-state index is 13.3. The number of anilines is 2. The van der Waals surface area contributed by atoms with Gasteiger partial charge >= 0.3 is 12.1 Å². The number of fused-ring (bicyclic) bond motifs is 3. The number of carbonyl (C=O) groups is 3. The van der Waals surface area contributed by atoms with Crippen LogP contribution in [0.4, 0.5) is 21.1 Å². The molecule has 3 heterocycles. The van der Waals surface area contributed by atoms with Crippen molar-refractivity contribution < 1.29 is 14.4 Å². The lowest BCUT2D eigenvalue weighted by molar-refractivity contribution is -0.121. The Morgan fingerprint density at radius 1 is 1.06 bits per heavy atom. The second kappa shape index (κ2) is 7.83. The van der Waals surface area contributed by atoms with Gasteiger partial charge in [0.05, 0.1) is 11.2 Å². The number of benzene rings is 1. The van der Waals surface area contributed by atoms with Crippen LogP contribution < -0.4 is 16.4 Å². The first-order valence-electron chi connectivity index (χ1n) is 10.3. The Labute approximate surface area is 188 Å². The van der Waals surface area contributed by atoms with Gasteiger partial charge in [0.2, 0.25) is 5.91 Å². The quantitative estimate of drug-likeness (QED) is 0.525. The Balaban J connectivity index is 1.41. The van der Waals surface area contributed by atoms with Gasteiger partial charge in [0.1, 0.15) is 17.0 Å². The highest BCUT2D eigenvalue weighted by Crippen LogP contribution is 2.43. The highest BCUT2D eigenvalue weighted by Gasteiger charge is 2.51. The molecule has 1 aliphatic carbocycles. The van der Waals surface area contributed by atoms with E-state index in [4.69, 9.17) is 17.3 Å². The Morgan fingerprint density at radius 3 is 2.66 bits per heavy atom. The van der Waals surface area contributed by atoms with E-state index < -0.39 is 12.1 Å². The van der Waals surface area contributed by atoms with Crippen LogP contribution in [-0.4, -0.2) is 44.5 Å². The Kier molecular flexibility index (Phi) is 4.97. The third-order valence-corrected chi connectivity index (χ3v) is 6.46. The van der Waals surface area contributed by atoms with Crippen molar-refractivity contribution in [3.8, 4) is 0 Å². The molecule has 9 nitrogen and oxygen atoms in total. The SMILES string of the molecule is NC(=O)n1cc(NC(=O)N2[C@@H]3CC[C@@H](C3)[C@H]2C(=O)Nc2cccc(Cl)n2)c2ccccc21. The molecule has 2 aromatic heterocycles. The number of para-hydroxylation sites is 1. The van der Waals surface area contributed by atoms with Gasteiger partial charge in [0, 0.05) is 17.6 Å². The van der Waals surface area contributed by atoms with Gasteiger partial charge in [-0.15, -0.1) is 0 Å². The minimum absolute atomic E-state index is 0.0208. The van der Waals surface area contributed by atoms with Gasteiger partial charge < -0.3 is 21.3 Å². The topological polar surface area (TPSA) is 122 Å². The van der Waals surface area contributed by atoms with Crippen LogP contribution in [0.15, 0.2) is 48.7 Å². The Bertz CT molecular complexity index is 1240. The number of amides is 4. The van der Waals surface area contributed by atoms with Crippen LogP contribution in [0.1, 0.15) is 19.3 Å². The van der Waals surface area contributed by atoms with E-state index in [1.54, 1.807) is 41.3 Å². The van der Waals surface area contributed by atoms with E-state index in [1.165, 1.54) is 10.8 Å². The fraction of sp³-hybridized carbons (Fsp3) is 0.273. The number of hydrogen-bond donors (Lipinski definition) is 3. The lowest BCUT2D eigenvalue weighted by atomic mass is 9.98. The summed E-state index contributed by atoms with van der Waals surface area (Å²) in [5, 5.41) is 6.63. The van der Waals surface area contributed by atoms with Crippen LogP contribution in [0.3, 0.4) is 0 Å². The molecule has 1 saturated heterocycles. The first-order chi connectivity index (χ1) is 15.4. The lowest BCUT2D eigenvalue weighted by Crippen LogP contribution is -2.52. The first kappa shape index (κ1) is 20.3. The van der Waals surface area contributed by atoms with Gasteiger partial charge in [-0.3, -0.25) is 9.36 Å². The van der Waals surface area contributed by atoms with E-state index in [1.807, 2.05) is 6.07 Å². The number of urea groups is 1. The molecule has 164 valence electrons. The van der Waals surface area contributed by atoms with E-state index in [0.29, 0.717) is 22.4 Å². The zero-order chi connectivity index (χ0) is 22.4. The number of hydrogen-bond acceptors (Lipinski definition) is 4. The number of nitrogens with zero attached hydrogens (tertiary/aromatic N) is 3. The minimum Gasteiger partial charge on any atom is -0.351 e. The van der Waals surface area contributed by atoms with Gasteiger partial charge in [0.15, 0.2) is 0 Å². The number of primary amides is 1. The lowest BCUT2D eigenvalue weighted by Gasteiger charge is -2.34. The molecule has 32 heavy (non-hydrogen) atoms. The van der Waals surface area contributed by atoms with Crippen molar-refractivity contribution in [1.29, 1.82) is 0 Å². The average Bonchev–Trinajstić information content (AvgIpc) is 3.47. The second-order valence-electron chi connectivity index (χ2n) is 8.11. The molecule has 10 heteroatoms. The second-order valence-corrected chi connectivity index (χ2v) is 8.50. The van der Waals surface area contributed by atoms with Crippen molar-refractivity contribution in [1.82, 2.24) is 14.5 Å². The number of rotatable bonds is 3. The standard InChI is InChI=1S/C22H21ClN6O3/c23-17-6-3-7-18(26-17)27-20(30)19-12-8-9-13(10-12)29(19)22(32)25-15-11-28(21(24)31)16-5-2-1-4-14(15)16/h1-7,11-13,19H,8-10H2,(H2,24,31)(H,25,32)(H,26,27,30)/t12-,13+,19-/m0/s1. The predicted octanol–water partition coefficient (Wildman–Crippen LogP) is 3.64. The van der Waals surface area contributed by atoms with Gasteiger partial charge in [-0.2, -0.15) is 0 Å². The van der Waals surface area contributed by atoms with Gasteiger partial charge in [-0.25, -0.2) is 14.6 Å². The van der Waals surface area contributed by atoms with Crippen LogP contribution >= 0.6 is 11.6 Å². The smallest absolute Gasteiger partial charge is 0.323 e. The minimum atomic E-state index is -0.645. The van der Waals surface area contributed by atoms with E-state index in [2.05, 4.69) is 15.6 Å². The van der Waals surface area contributed by atoms with Crippen LogP contribution in [0.2, 0.25) is 5.15 Å². The third-order valence-electron chi connectivity index (χ3n) is 6.25. The predicted molar refractivity (Wildman–Crippen MR) is 121 cm³/mol. The maximum Gasteiger partial charge on any atom is 0.323 e. The summed E-state index contributed by atoms with van der Waals surface area (Å²) in [7, 11) is 0. The van der Waals surface area contributed by atoms with Crippen molar-refractivity contribution in [2.75, 3.05) is 10.6 Å². The summed E-state index contributed by atoms with van der Waals surface area (Å²) in [6.45, 7) is 0. The normalized spacial score (nSPS) is 21.7. The molecule has 4 N–H and O–H groups in total. The number of piperidine rings is 1. The summed E-state index contributed by atoms with van der Waals surface area (Å²) in [4.78, 5) is 44.0. The van der Waals surface area contributed by atoms with E-state index in [-0.39, 0.29) is 29.1 Å². The fourth-order valence-electron chi connectivity index (χ4n) is 4.94. The molecule has 2 bridgehead atoms. The van der Waals surface area contributed by atoms with Gasteiger partial charge in [-0.1, -0.05) is 35.9 Å². The monoisotopic (exact) mass is 452 g/mol. The maximum absolute atomic E-state index is 13.3. The molecule has 0 unspecified atom stereocenters. The number of pyridine rings is 1. The fourth-order valence-corrected chi connectivity index (χ4v) is 5.10. The highest BCUT2D eigenvalue weighted by atomic mass is 35.5. The number of likely N-dealkylation sites (tertiary alicyclic amines) is 1. The molecule has 3 aromatic rings. The molecule has 3 atom stereocenters. The number of carbonyl (C=O) groups excluding carboxylic acids is 3. The van der Waals surface area contributed by atoms with Gasteiger partial charge in [-0.05, 0) is 43.4 Å². The van der Waals surface area contributed by atoms with Crippen LogP contribution in [0, 0.1) is 5.92 Å². The summed E-state index contributed by atoms with van der Waals surface area (Å²) >= 11 is 5.92. The molecule has 1 saturated carbocycles. The van der Waals surface area contributed by atoms with Gasteiger partial charge in [0.25, 0.3) is 0 Å². The summed E-state index contributed by atoms with van der Waals surface area (Å²) < 4.78 is 1.29. The molecule has 5 rings (SSSR count). The summed E-state index contributed by atoms with van der Waals surface area (Å²) in [5.74, 6) is 0.133. The first-order valence-corrected chi connectivity index (χ1v) is 10.7. The van der Waals surface area contributed by atoms with Crippen molar-refractivity contribution in [3.63, 3.8) is 0 Å². The molecule has 0 radical (unpaired) electrons. The molecule has 2 fully saturated rings. The van der Waals surface area contributed by atoms with E-state index in [0.717, 1.165) is 19.3 Å². The van der Waals surface area contributed by atoms with Crippen LogP contribution in [0.25, 0.3) is 10.9 Å². The summed E-state index contributed by atoms with van der Waals surface area (Å²) in [6.07, 6.45) is 4.01. The molecule has 4 amide bonds. The summed E-state index contributed by atoms with van der Waals surface area (Å²) in [5.41, 5.74) is 6.53. The van der Waals surface area contributed by atoms with E-state index in [9.17, 15) is 14.4 Å². The van der Waals surface area contributed by atoms with Crippen molar-refractivity contribution in [2.24, 2.45) is 11.7 Å². The van der Waals surface area contributed by atoms with Crippen molar-refractivity contribution in [3.05, 3.63) is 53.8 Å². The molecule has 1 aromatic carbocycles. The average molecular weight is 453 g/mol. The Morgan fingerprint density at radius 2 is 1.88 bits per heavy atom. The van der Waals surface area contributed by atoms with Crippen LogP contribution in [0.5, 0.6) is 0 Å². The number of nitrogens with one attached hydrogen (secondary N) is 2. The zero-order valence-electron chi connectivity index (χ0n) is 17.0. The highest BCUT2D eigenvalue weighted by molar-refractivity contribution is 6.29. The summed E-state index contributed by atoms with van der Waals surface area (Å²) in [6, 6.07) is 10.5. The molecule has 0 spiro atoms. The molecule has 1 aliphatic heterocycles. The largest absolute Gasteiger partial charge is 0.351 e. The number of halogens is 1. The Hall–Kier alpha value is -3.59. The molecular formula is C22H21ClN6O3. The van der Waals surface area contributed by atoms with Crippen LogP contribution in [-0.2, 0) is 4.79 Å². The molecular weight excluding hydrogens is 432 g/mol. The zero-order valence-corrected chi connectivity index (χ0v) is 17.7. The number of nitrogens with two attached hydrogens (primary N) is 1. The number of aromatic nitrogens is 2. The molecule has 2 aliphatic rings.